The van der Waals surface area contributed by atoms with Crippen molar-refractivity contribution in [3.05, 3.63) is 65.5 Å². The van der Waals surface area contributed by atoms with Crippen molar-refractivity contribution in [2.75, 3.05) is 0 Å². The summed E-state index contributed by atoms with van der Waals surface area (Å²) in [7, 11) is 0. The number of pyridine rings is 1. The molecule has 0 amide bonds. The summed E-state index contributed by atoms with van der Waals surface area (Å²) in [5.41, 5.74) is 2.42. The Kier molecular flexibility index (Phi) is 17.7. The average molecular weight is 678 g/mol. The Bertz CT molecular complexity index is 781. The first-order valence-electron chi connectivity index (χ1n) is 7.96. The minimum Gasteiger partial charge on any atom is -0.498 e. The van der Waals surface area contributed by atoms with Gasteiger partial charge in [-0.25, -0.2) is 0 Å². The summed E-state index contributed by atoms with van der Waals surface area (Å²) in [4.78, 5) is 4.20. The largest absolute Gasteiger partial charge is 0.498 e. The molecule has 0 saturated carbocycles. The number of para-hydroxylation sites is 1. The molecule has 0 N–H and O–H groups in total. The third-order valence-electron chi connectivity index (χ3n) is 3.84. The van der Waals surface area contributed by atoms with Gasteiger partial charge < -0.3 is 14.1 Å². The zero-order valence-electron chi connectivity index (χ0n) is 16.6. The van der Waals surface area contributed by atoms with E-state index in [-0.39, 0.29) is 131 Å². The van der Waals surface area contributed by atoms with E-state index in [9.17, 15) is 0 Å². The molecule has 0 spiro atoms. The number of fused-ring (bicyclic) bond motifs is 2. The summed E-state index contributed by atoms with van der Waals surface area (Å²) in [5, 5.41) is 7.20. The van der Waals surface area contributed by atoms with Crippen molar-refractivity contribution in [1.82, 2.24) is 15.2 Å². The van der Waals surface area contributed by atoms with Crippen molar-refractivity contribution in [3.8, 4) is 11.6 Å². The van der Waals surface area contributed by atoms with Crippen LogP contribution in [0.25, 0.3) is 0 Å². The molecule has 1 unspecified atom stereocenters. The van der Waals surface area contributed by atoms with E-state index < -0.39 is 0 Å². The molecule has 136 valence electrons. The van der Waals surface area contributed by atoms with Gasteiger partial charge in [-0.15, -0.1) is 10.2 Å². The van der Waals surface area contributed by atoms with Crippen LogP contribution in [0.4, 0.5) is 0 Å². The summed E-state index contributed by atoms with van der Waals surface area (Å²) in [6.45, 7) is 7.99. The second kappa shape index (κ2) is 15.5. The van der Waals surface area contributed by atoms with Crippen LogP contribution in [0.15, 0.2) is 40.8 Å². The Balaban J connectivity index is 0. The molecule has 0 bridgehead atoms. The molecule has 5 nitrogen and oxygen atoms in total. The minimum absolute atomic E-state index is 0. The van der Waals surface area contributed by atoms with Crippen molar-refractivity contribution in [3.63, 3.8) is 0 Å². The number of benzene rings is 1. The van der Waals surface area contributed by atoms with Crippen LogP contribution in [0.2, 0.25) is 0 Å². The number of ether oxygens (including phenoxy) is 1. The summed E-state index contributed by atoms with van der Waals surface area (Å²) in [6, 6.07) is 12.1. The number of hydrogen-bond acceptors (Lipinski definition) is 5. The molecular formula is C19H20N3O2Y4-. The molecule has 1 aliphatic heterocycles. The van der Waals surface area contributed by atoms with Gasteiger partial charge in [0.2, 0.25) is 11.8 Å². The van der Waals surface area contributed by atoms with E-state index in [1.165, 1.54) is 5.56 Å². The van der Waals surface area contributed by atoms with Gasteiger partial charge in [0, 0.05) is 145 Å². The average Bonchev–Trinajstić information content (AvgIpc) is 2.95. The normalized spacial score (nSPS) is 12.8. The molecule has 0 saturated heterocycles. The summed E-state index contributed by atoms with van der Waals surface area (Å²) in [5.74, 6) is 3.74. The number of hydrogen-bond donors (Lipinski definition) is 0. The van der Waals surface area contributed by atoms with E-state index in [1.807, 2.05) is 18.2 Å². The molecule has 0 aliphatic carbocycles. The monoisotopic (exact) mass is 678 g/mol. The van der Waals surface area contributed by atoms with Crippen LogP contribution in [0, 0.1) is 26.0 Å². The van der Waals surface area contributed by atoms with Gasteiger partial charge in [-0.3, -0.25) is 0 Å². The first-order valence-corrected chi connectivity index (χ1v) is 7.96. The molecular weight excluding hydrogens is 658 g/mol. The van der Waals surface area contributed by atoms with Gasteiger partial charge in [-0.1, -0.05) is 43.8 Å². The quantitative estimate of drug-likeness (QED) is 0.357. The predicted octanol–water partition coefficient (Wildman–Crippen LogP) is 4.45. The molecule has 4 radical (unpaired) electrons. The summed E-state index contributed by atoms with van der Waals surface area (Å²) < 4.78 is 10.7. The zero-order chi connectivity index (χ0) is 17.1. The van der Waals surface area contributed by atoms with Crippen LogP contribution < -0.4 is 4.74 Å². The number of aryl methyl sites for hydroxylation is 2. The Morgan fingerprint density at radius 1 is 0.893 bits per heavy atom. The van der Waals surface area contributed by atoms with E-state index in [4.69, 9.17) is 9.15 Å². The van der Waals surface area contributed by atoms with E-state index in [2.05, 4.69) is 53.4 Å². The van der Waals surface area contributed by atoms with Gasteiger partial charge in [0.1, 0.15) is 11.6 Å². The second-order valence-electron chi connectivity index (χ2n) is 6.04. The number of rotatable bonds is 1. The number of nitrogens with zero attached hydrogens (tertiary/aromatic N) is 3. The van der Waals surface area contributed by atoms with Crippen LogP contribution in [0.3, 0.4) is 0 Å². The SMILES string of the molecule is CC(C)C1c2ccccc2Oc2n[c-]ccc21.Cc1nnc(C)o1.[Y].[Y].[Y].[Y]. The molecule has 3 aromatic rings. The van der Waals surface area contributed by atoms with Gasteiger partial charge in [-0.2, -0.15) is 12.1 Å². The molecule has 28 heavy (non-hydrogen) atoms. The summed E-state index contributed by atoms with van der Waals surface area (Å²) >= 11 is 0. The maximum atomic E-state index is 5.82. The topological polar surface area (TPSA) is 61.0 Å². The molecule has 9 heteroatoms. The zero-order valence-corrected chi connectivity index (χ0v) is 27.9. The van der Waals surface area contributed by atoms with E-state index in [0.717, 1.165) is 11.3 Å². The second-order valence-corrected chi connectivity index (χ2v) is 6.04. The van der Waals surface area contributed by atoms with E-state index in [1.54, 1.807) is 13.8 Å². The molecule has 1 atom stereocenters. The Labute approximate surface area is 267 Å². The molecule has 1 aliphatic rings. The van der Waals surface area contributed by atoms with Crippen molar-refractivity contribution >= 4 is 0 Å². The Hall–Kier alpha value is 1.73. The Morgan fingerprint density at radius 2 is 1.50 bits per heavy atom. The Morgan fingerprint density at radius 3 is 2.04 bits per heavy atom. The van der Waals surface area contributed by atoms with Crippen molar-refractivity contribution < 1.29 is 140 Å². The van der Waals surface area contributed by atoms with Crippen LogP contribution in [0.1, 0.15) is 42.7 Å². The predicted molar refractivity (Wildman–Crippen MR) is 90.0 cm³/mol. The van der Waals surface area contributed by atoms with Gasteiger partial charge >= 0.3 is 0 Å². The third-order valence-corrected chi connectivity index (χ3v) is 3.84. The number of aromatic nitrogens is 3. The maximum Gasteiger partial charge on any atom is 0.213 e. The molecule has 3 heterocycles. The first-order chi connectivity index (χ1) is 11.6. The van der Waals surface area contributed by atoms with Gasteiger partial charge in [-0.05, 0) is 23.5 Å². The van der Waals surface area contributed by atoms with Gasteiger partial charge in [0.05, 0.1) is 0 Å². The van der Waals surface area contributed by atoms with E-state index in [0.29, 0.717) is 29.5 Å². The van der Waals surface area contributed by atoms with Crippen LogP contribution in [-0.4, -0.2) is 15.2 Å². The van der Waals surface area contributed by atoms with Crippen molar-refractivity contribution in [1.29, 1.82) is 0 Å². The first kappa shape index (κ1) is 31.9. The molecule has 0 fully saturated rings. The minimum atomic E-state index is 0. The fraction of sp³-hybridized carbons (Fsp3) is 0.316. The van der Waals surface area contributed by atoms with Gasteiger partial charge in [0.15, 0.2) is 0 Å². The fourth-order valence-electron chi connectivity index (χ4n) is 2.89. The van der Waals surface area contributed by atoms with E-state index >= 15 is 0 Å². The molecule has 2 aromatic heterocycles. The molecule has 1 aromatic carbocycles. The molecule has 4 rings (SSSR count). The fourth-order valence-corrected chi connectivity index (χ4v) is 2.89. The van der Waals surface area contributed by atoms with Crippen LogP contribution in [-0.2, 0) is 131 Å². The van der Waals surface area contributed by atoms with Crippen LogP contribution >= 0.6 is 0 Å². The van der Waals surface area contributed by atoms with Crippen molar-refractivity contribution in [2.45, 2.75) is 33.6 Å². The smallest absolute Gasteiger partial charge is 0.213 e. The van der Waals surface area contributed by atoms with Gasteiger partial charge in [0.25, 0.3) is 0 Å². The van der Waals surface area contributed by atoms with Crippen LogP contribution in [0.5, 0.6) is 11.6 Å². The third kappa shape index (κ3) is 8.34. The van der Waals surface area contributed by atoms with Crippen molar-refractivity contribution in [2.24, 2.45) is 5.92 Å². The maximum absolute atomic E-state index is 5.82. The summed E-state index contributed by atoms with van der Waals surface area (Å²) in [6.07, 6.45) is 2.84. The standard InChI is InChI=1S/C15H14NO.C4H6N2O.4Y/c1-10(2)14-11-6-3-4-8-13(11)17-15-12(14)7-5-9-16-15;1-3-5-6-4(2)7-3;;;;/h3-8,10,14H,1-2H3;1-2H3;;;;/q-1;;;;;.